The van der Waals surface area contributed by atoms with Gasteiger partial charge in [-0.1, -0.05) is 20.8 Å². The van der Waals surface area contributed by atoms with Gasteiger partial charge < -0.3 is 10.4 Å². The van der Waals surface area contributed by atoms with Crippen LogP contribution in [0.1, 0.15) is 45.7 Å². The molecule has 3 heteroatoms. The van der Waals surface area contributed by atoms with Crippen molar-refractivity contribution in [2.45, 2.75) is 46.3 Å². The van der Waals surface area contributed by atoms with Crippen LogP contribution in [0.15, 0.2) is 16.8 Å². The summed E-state index contributed by atoms with van der Waals surface area (Å²) < 4.78 is 0. The monoisotopic (exact) mass is 241 g/mol. The number of hydrogen-bond donors (Lipinski definition) is 2. The second-order valence-electron chi connectivity index (χ2n) is 5.61. The van der Waals surface area contributed by atoms with Crippen molar-refractivity contribution < 1.29 is 5.11 Å². The normalized spacial score (nSPS) is 16.1. The molecule has 0 saturated carbocycles. The van der Waals surface area contributed by atoms with Crippen LogP contribution in [0, 0.1) is 5.41 Å². The average molecular weight is 241 g/mol. The van der Waals surface area contributed by atoms with E-state index in [-0.39, 0.29) is 11.5 Å². The van der Waals surface area contributed by atoms with E-state index in [0.717, 1.165) is 6.42 Å². The molecule has 0 radical (unpaired) electrons. The molecule has 0 spiro atoms. The van der Waals surface area contributed by atoms with Crippen LogP contribution in [0.5, 0.6) is 0 Å². The summed E-state index contributed by atoms with van der Waals surface area (Å²) in [5.74, 6) is 0. The maximum atomic E-state index is 9.87. The summed E-state index contributed by atoms with van der Waals surface area (Å²) in [6.07, 6.45) is 0.567. The van der Waals surface area contributed by atoms with E-state index in [0.29, 0.717) is 12.6 Å². The summed E-state index contributed by atoms with van der Waals surface area (Å²) in [5, 5.41) is 17.5. The van der Waals surface area contributed by atoms with Crippen LogP contribution in [0.4, 0.5) is 0 Å². The fraction of sp³-hybridized carbons (Fsp3) is 0.692. The summed E-state index contributed by atoms with van der Waals surface area (Å²) in [4.78, 5) is 0. The Hall–Kier alpha value is -0.380. The summed E-state index contributed by atoms with van der Waals surface area (Å²) in [5.41, 5.74) is 1.49. The molecular formula is C13H23NOS. The van der Waals surface area contributed by atoms with E-state index in [1.807, 2.05) is 0 Å². The molecule has 0 saturated heterocycles. The lowest BCUT2D eigenvalue weighted by Crippen LogP contribution is -2.31. The van der Waals surface area contributed by atoms with Gasteiger partial charge in [0, 0.05) is 12.6 Å². The maximum absolute atomic E-state index is 9.87. The van der Waals surface area contributed by atoms with Gasteiger partial charge in [0.15, 0.2) is 0 Å². The van der Waals surface area contributed by atoms with Gasteiger partial charge in [-0.15, -0.1) is 0 Å². The molecule has 0 aliphatic rings. The first kappa shape index (κ1) is 13.7. The topological polar surface area (TPSA) is 32.3 Å². The lowest BCUT2D eigenvalue weighted by Gasteiger charge is -2.23. The molecule has 2 atom stereocenters. The van der Waals surface area contributed by atoms with Gasteiger partial charge in [0.25, 0.3) is 0 Å². The van der Waals surface area contributed by atoms with Gasteiger partial charge in [0.1, 0.15) is 0 Å². The van der Waals surface area contributed by atoms with Crippen molar-refractivity contribution in [3.63, 3.8) is 0 Å². The van der Waals surface area contributed by atoms with Crippen LogP contribution < -0.4 is 5.32 Å². The summed E-state index contributed by atoms with van der Waals surface area (Å²) in [6.45, 7) is 9.25. The highest BCUT2D eigenvalue weighted by molar-refractivity contribution is 7.07. The van der Waals surface area contributed by atoms with Crippen molar-refractivity contribution in [2.75, 3.05) is 6.54 Å². The predicted octanol–water partition coefficient (Wildman–Crippen LogP) is 3.20. The van der Waals surface area contributed by atoms with E-state index in [1.165, 1.54) is 5.56 Å². The minimum absolute atomic E-state index is 0.187. The van der Waals surface area contributed by atoms with Gasteiger partial charge in [-0.25, -0.2) is 0 Å². The molecule has 2 unspecified atom stereocenters. The Kier molecular flexibility index (Phi) is 4.96. The van der Waals surface area contributed by atoms with Crippen LogP contribution >= 0.6 is 11.3 Å². The van der Waals surface area contributed by atoms with Crippen molar-refractivity contribution in [3.8, 4) is 0 Å². The molecule has 0 fully saturated rings. The SMILES string of the molecule is CC(NCC(O)CC(C)(C)C)c1ccsc1. The van der Waals surface area contributed by atoms with E-state index >= 15 is 0 Å². The molecule has 0 aliphatic carbocycles. The number of aliphatic hydroxyl groups is 1. The molecule has 2 nitrogen and oxygen atoms in total. The molecule has 0 bridgehead atoms. The fourth-order valence-corrected chi connectivity index (χ4v) is 2.49. The second kappa shape index (κ2) is 5.80. The quantitative estimate of drug-likeness (QED) is 0.830. The van der Waals surface area contributed by atoms with Gasteiger partial charge in [-0.2, -0.15) is 11.3 Å². The maximum Gasteiger partial charge on any atom is 0.0669 e. The first-order chi connectivity index (χ1) is 7.38. The number of aliphatic hydroxyl groups excluding tert-OH is 1. The van der Waals surface area contributed by atoms with Gasteiger partial charge in [-0.3, -0.25) is 0 Å². The Morgan fingerprint density at radius 1 is 1.44 bits per heavy atom. The van der Waals surface area contributed by atoms with Crippen LogP contribution in [0.2, 0.25) is 0 Å². The Morgan fingerprint density at radius 2 is 2.12 bits per heavy atom. The van der Waals surface area contributed by atoms with Gasteiger partial charge in [0.2, 0.25) is 0 Å². The molecule has 1 heterocycles. The average Bonchev–Trinajstić information content (AvgIpc) is 2.64. The molecule has 0 aliphatic heterocycles. The first-order valence-corrected chi connectivity index (χ1v) is 6.76. The highest BCUT2D eigenvalue weighted by Crippen LogP contribution is 2.21. The second-order valence-corrected chi connectivity index (χ2v) is 6.39. The Labute approximate surface area is 103 Å². The van der Waals surface area contributed by atoms with Crippen molar-refractivity contribution in [1.29, 1.82) is 0 Å². The Balaban J connectivity index is 2.29. The highest BCUT2D eigenvalue weighted by atomic mass is 32.1. The third-order valence-electron chi connectivity index (χ3n) is 2.55. The number of nitrogens with one attached hydrogen (secondary N) is 1. The van der Waals surface area contributed by atoms with Crippen LogP contribution in [-0.4, -0.2) is 17.8 Å². The zero-order valence-electron chi connectivity index (χ0n) is 10.7. The molecule has 1 aromatic heterocycles. The third kappa shape index (κ3) is 5.10. The standard InChI is InChI=1S/C13H23NOS/c1-10(11-5-6-16-9-11)14-8-12(15)7-13(2,3)4/h5-6,9-10,12,14-15H,7-8H2,1-4H3. The number of rotatable bonds is 5. The fourth-order valence-electron chi connectivity index (χ4n) is 1.73. The smallest absolute Gasteiger partial charge is 0.0669 e. The molecule has 1 aromatic rings. The van der Waals surface area contributed by atoms with E-state index in [2.05, 4.69) is 49.8 Å². The Morgan fingerprint density at radius 3 is 2.62 bits per heavy atom. The molecule has 0 aromatic carbocycles. The molecule has 92 valence electrons. The van der Waals surface area contributed by atoms with Crippen molar-refractivity contribution >= 4 is 11.3 Å². The van der Waals surface area contributed by atoms with E-state index in [1.54, 1.807) is 11.3 Å². The van der Waals surface area contributed by atoms with Crippen LogP contribution in [0.3, 0.4) is 0 Å². The molecular weight excluding hydrogens is 218 g/mol. The molecule has 2 N–H and O–H groups in total. The predicted molar refractivity (Wildman–Crippen MR) is 70.8 cm³/mol. The van der Waals surface area contributed by atoms with E-state index in [9.17, 15) is 5.11 Å². The summed E-state index contributed by atoms with van der Waals surface area (Å²) >= 11 is 1.71. The van der Waals surface area contributed by atoms with E-state index < -0.39 is 0 Å². The molecule has 1 rings (SSSR count). The molecule has 0 amide bonds. The van der Waals surface area contributed by atoms with Gasteiger partial charge in [-0.05, 0) is 41.1 Å². The minimum atomic E-state index is -0.263. The van der Waals surface area contributed by atoms with Gasteiger partial charge >= 0.3 is 0 Å². The molecule has 16 heavy (non-hydrogen) atoms. The number of hydrogen-bond acceptors (Lipinski definition) is 3. The summed E-state index contributed by atoms with van der Waals surface area (Å²) in [6, 6.07) is 2.44. The highest BCUT2D eigenvalue weighted by Gasteiger charge is 2.17. The summed E-state index contributed by atoms with van der Waals surface area (Å²) in [7, 11) is 0. The zero-order chi connectivity index (χ0) is 12.2. The first-order valence-electron chi connectivity index (χ1n) is 5.82. The lowest BCUT2D eigenvalue weighted by atomic mass is 9.89. The Bertz CT molecular complexity index is 289. The van der Waals surface area contributed by atoms with Crippen LogP contribution in [0.25, 0.3) is 0 Å². The zero-order valence-corrected chi connectivity index (χ0v) is 11.5. The van der Waals surface area contributed by atoms with Crippen molar-refractivity contribution in [3.05, 3.63) is 22.4 Å². The lowest BCUT2D eigenvalue weighted by molar-refractivity contribution is 0.117. The van der Waals surface area contributed by atoms with Gasteiger partial charge in [0.05, 0.1) is 6.10 Å². The number of thiophene rings is 1. The minimum Gasteiger partial charge on any atom is -0.392 e. The van der Waals surface area contributed by atoms with E-state index in [4.69, 9.17) is 0 Å². The van der Waals surface area contributed by atoms with Crippen LogP contribution in [-0.2, 0) is 0 Å². The third-order valence-corrected chi connectivity index (χ3v) is 3.25. The van der Waals surface area contributed by atoms with Crippen molar-refractivity contribution in [1.82, 2.24) is 5.32 Å². The van der Waals surface area contributed by atoms with Crippen molar-refractivity contribution in [2.24, 2.45) is 5.41 Å². The largest absolute Gasteiger partial charge is 0.392 e.